The molecule has 2 rings (SSSR count). The number of aromatic nitrogens is 3. The molecule has 0 bridgehead atoms. The minimum absolute atomic E-state index is 0.277. The van der Waals surface area contributed by atoms with Gasteiger partial charge in [0.2, 0.25) is 5.03 Å². The van der Waals surface area contributed by atoms with E-state index < -0.39 is 26.1 Å². The fourth-order valence-electron chi connectivity index (χ4n) is 1.37. The number of hydrogen-bond donors (Lipinski definition) is 1. The monoisotopic (exact) mass is 304 g/mol. The van der Waals surface area contributed by atoms with E-state index in [2.05, 4.69) is 10.2 Å². The van der Waals surface area contributed by atoms with Gasteiger partial charge in [-0.1, -0.05) is 18.2 Å². The van der Waals surface area contributed by atoms with Crippen molar-refractivity contribution < 1.29 is 21.6 Å². The van der Waals surface area contributed by atoms with Crippen LogP contribution in [-0.2, 0) is 9.84 Å². The van der Waals surface area contributed by atoms with E-state index in [1.807, 2.05) is 0 Å². The second-order valence-electron chi connectivity index (χ2n) is 3.61. The Bertz CT molecular complexity index is 738. The van der Waals surface area contributed by atoms with Gasteiger partial charge in [-0.2, -0.15) is 13.2 Å². The van der Waals surface area contributed by atoms with Crippen LogP contribution in [-0.4, -0.2) is 35.1 Å². The Morgan fingerprint density at radius 2 is 1.75 bits per heavy atom. The number of hydrogen-bond acceptors (Lipinski definition) is 5. The molecular weight excluding hydrogens is 297 g/mol. The predicted octanol–water partition coefficient (Wildman–Crippen LogP) is 1.56. The predicted molar refractivity (Wildman–Crippen MR) is 62.5 cm³/mol. The molecule has 0 aliphatic carbocycles. The van der Waals surface area contributed by atoms with E-state index >= 15 is 0 Å². The summed E-state index contributed by atoms with van der Waals surface area (Å²) in [5.41, 5.74) is -5.90. The summed E-state index contributed by atoms with van der Waals surface area (Å²) in [7, 11) is -5.65. The summed E-state index contributed by atoms with van der Waals surface area (Å²) in [5.74, 6) is 0. The van der Waals surface area contributed by atoms with Gasteiger partial charge in [-0.05, 0) is 12.1 Å². The largest absolute Gasteiger partial charge is 0.503 e. The molecular formula is C10H7F3N4O2S. The molecule has 0 aliphatic heterocycles. The van der Waals surface area contributed by atoms with Gasteiger partial charge in [-0.25, -0.2) is 8.42 Å². The second-order valence-corrected chi connectivity index (χ2v) is 5.47. The van der Waals surface area contributed by atoms with Crippen LogP contribution in [0.25, 0.3) is 5.69 Å². The van der Waals surface area contributed by atoms with E-state index in [0.29, 0.717) is 6.21 Å². The van der Waals surface area contributed by atoms with Crippen LogP contribution in [0.4, 0.5) is 13.2 Å². The van der Waals surface area contributed by atoms with Crippen LogP contribution in [0.5, 0.6) is 0 Å². The van der Waals surface area contributed by atoms with Crippen molar-refractivity contribution in [3.05, 3.63) is 36.0 Å². The smallest absolute Gasteiger partial charge is 0.306 e. The molecule has 0 aliphatic rings. The van der Waals surface area contributed by atoms with Crippen LogP contribution < -0.4 is 0 Å². The quantitative estimate of drug-likeness (QED) is 0.871. The first-order valence-corrected chi connectivity index (χ1v) is 6.60. The van der Waals surface area contributed by atoms with E-state index in [-0.39, 0.29) is 5.69 Å². The molecule has 1 aromatic heterocycles. The van der Waals surface area contributed by atoms with Gasteiger partial charge in [0, 0.05) is 6.21 Å². The minimum Gasteiger partial charge on any atom is -0.306 e. The maximum Gasteiger partial charge on any atom is 0.503 e. The maximum atomic E-state index is 12.5. The number of benzene rings is 1. The molecule has 20 heavy (non-hydrogen) atoms. The highest BCUT2D eigenvalue weighted by molar-refractivity contribution is 7.92. The second kappa shape index (κ2) is 4.71. The lowest BCUT2D eigenvalue weighted by atomic mass is 10.3. The summed E-state index contributed by atoms with van der Waals surface area (Å²) in [6.07, 6.45) is 0.408. The van der Waals surface area contributed by atoms with Gasteiger partial charge >= 0.3 is 5.51 Å². The lowest BCUT2D eigenvalue weighted by Crippen LogP contribution is -2.24. The molecule has 1 heterocycles. The summed E-state index contributed by atoms with van der Waals surface area (Å²) in [4.78, 5) is 0.735. The zero-order chi connectivity index (χ0) is 15.0. The lowest BCUT2D eigenvalue weighted by Gasteiger charge is -2.04. The Balaban J connectivity index is 2.63. The molecule has 1 N–H and O–H groups in total. The Labute approximate surface area is 111 Å². The van der Waals surface area contributed by atoms with Gasteiger partial charge in [0.05, 0.1) is 5.69 Å². The molecule has 10 heteroatoms. The van der Waals surface area contributed by atoms with Crippen LogP contribution in [0, 0.1) is 5.41 Å². The molecule has 0 saturated carbocycles. The zero-order valence-electron chi connectivity index (χ0n) is 9.66. The third-order valence-corrected chi connectivity index (χ3v) is 3.70. The average molecular weight is 304 g/mol. The van der Waals surface area contributed by atoms with Crippen LogP contribution in [0.15, 0.2) is 35.4 Å². The number of rotatable bonds is 3. The molecule has 0 spiro atoms. The van der Waals surface area contributed by atoms with Crippen molar-refractivity contribution in [2.45, 2.75) is 10.5 Å². The molecule has 0 saturated heterocycles. The molecule has 0 amide bonds. The van der Waals surface area contributed by atoms with Crippen LogP contribution >= 0.6 is 0 Å². The van der Waals surface area contributed by atoms with E-state index in [9.17, 15) is 21.6 Å². The highest BCUT2D eigenvalue weighted by Gasteiger charge is 2.50. The highest BCUT2D eigenvalue weighted by Crippen LogP contribution is 2.30. The van der Waals surface area contributed by atoms with Gasteiger partial charge in [-0.3, -0.25) is 0 Å². The molecule has 0 fully saturated rings. The SMILES string of the molecule is N=Cc1nn(-c2ccccc2)nc1S(=O)(=O)C(F)(F)F. The van der Waals surface area contributed by atoms with E-state index in [0.717, 1.165) is 4.80 Å². The van der Waals surface area contributed by atoms with E-state index in [1.165, 1.54) is 12.1 Å². The highest BCUT2D eigenvalue weighted by atomic mass is 32.2. The number of sulfone groups is 1. The van der Waals surface area contributed by atoms with Gasteiger partial charge in [-0.15, -0.1) is 15.0 Å². The van der Waals surface area contributed by atoms with Crippen LogP contribution in [0.1, 0.15) is 5.69 Å². The number of para-hydroxylation sites is 1. The third kappa shape index (κ3) is 2.29. The van der Waals surface area contributed by atoms with Crippen LogP contribution in [0.3, 0.4) is 0 Å². The summed E-state index contributed by atoms with van der Waals surface area (Å²) in [6.45, 7) is 0. The van der Waals surface area contributed by atoms with E-state index in [4.69, 9.17) is 5.41 Å². The summed E-state index contributed by atoms with van der Waals surface area (Å²) >= 11 is 0. The maximum absolute atomic E-state index is 12.5. The van der Waals surface area contributed by atoms with Crippen molar-refractivity contribution in [3.8, 4) is 5.69 Å². The molecule has 6 nitrogen and oxygen atoms in total. The molecule has 0 radical (unpaired) electrons. The van der Waals surface area contributed by atoms with Crippen molar-refractivity contribution in [2.75, 3.05) is 0 Å². The van der Waals surface area contributed by atoms with Crippen molar-refractivity contribution in [1.29, 1.82) is 5.41 Å². The van der Waals surface area contributed by atoms with Crippen molar-refractivity contribution in [1.82, 2.24) is 15.0 Å². The fraction of sp³-hybridized carbons (Fsp3) is 0.100. The summed E-state index contributed by atoms with van der Waals surface area (Å²) in [6, 6.07) is 7.80. The summed E-state index contributed by atoms with van der Waals surface area (Å²) < 4.78 is 60.2. The Morgan fingerprint density at radius 3 is 2.25 bits per heavy atom. The third-order valence-electron chi connectivity index (χ3n) is 2.29. The fourth-order valence-corrected chi connectivity index (χ4v) is 2.15. The van der Waals surface area contributed by atoms with Gasteiger partial charge in [0.25, 0.3) is 9.84 Å². The normalized spacial score (nSPS) is 12.3. The molecule has 106 valence electrons. The first-order valence-electron chi connectivity index (χ1n) is 5.12. The first-order chi connectivity index (χ1) is 9.27. The topological polar surface area (TPSA) is 88.7 Å². The Hall–Kier alpha value is -2.23. The molecule has 0 atom stereocenters. The number of nitrogens with zero attached hydrogens (tertiary/aromatic N) is 3. The lowest BCUT2D eigenvalue weighted by molar-refractivity contribution is -0.0438. The van der Waals surface area contributed by atoms with Crippen molar-refractivity contribution >= 4 is 16.1 Å². The van der Waals surface area contributed by atoms with Gasteiger partial charge < -0.3 is 5.41 Å². The van der Waals surface area contributed by atoms with Gasteiger partial charge in [0.15, 0.2) is 0 Å². The average Bonchev–Trinajstić information content (AvgIpc) is 2.83. The summed E-state index contributed by atoms with van der Waals surface area (Å²) in [5, 5.41) is 12.6. The number of nitrogens with one attached hydrogen (secondary N) is 1. The van der Waals surface area contributed by atoms with Crippen molar-refractivity contribution in [3.63, 3.8) is 0 Å². The Kier molecular flexibility index (Phi) is 3.34. The molecule has 1 aromatic carbocycles. The Morgan fingerprint density at radius 1 is 1.15 bits per heavy atom. The first kappa shape index (κ1) is 14.2. The molecule has 0 unspecified atom stereocenters. The standard InChI is InChI=1S/C10H7F3N4O2S/c11-10(12,13)20(18,19)9-8(6-14)15-17(16-9)7-4-2-1-3-5-7/h1-6,14H. The van der Waals surface area contributed by atoms with E-state index in [1.54, 1.807) is 18.2 Å². The van der Waals surface area contributed by atoms with Crippen LogP contribution in [0.2, 0.25) is 0 Å². The van der Waals surface area contributed by atoms with Gasteiger partial charge in [0.1, 0.15) is 5.69 Å². The zero-order valence-corrected chi connectivity index (χ0v) is 10.5. The minimum atomic E-state index is -5.65. The number of alkyl halides is 3. The molecule has 2 aromatic rings. The van der Waals surface area contributed by atoms with Crippen molar-refractivity contribution in [2.24, 2.45) is 0 Å². The number of halogens is 3.